The highest BCUT2D eigenvalue weighted by atomic mass is 19.1. The van der Waals surface area contributed by atoms with E-state index in [1.165, 1.54) is 18.3 Å². The van der Waals surface area contributed by atoms with Crippen LogP contribution in [0.25, 0.3) is 0 Å². The van der Waals surface area contributed by atoms with Crippen molar-refractivity contribution < 1.29 is 13.9 Å². The summed E-state index contributed by atoms with van der Waals surface area (Å²) in [5.41, 5.74) is 0.756. The van der Waals surface area contributed by atoms with E-state index in [-0.39, 0.29) is 23.4 Å². The van der Waals surface area contributed by atoms with Crippen molar-refractivity contribution in [2.45, 2.75) is 39.7 Å². The molecule has 0 fully saturated rings. The zero-order valence-electron chi connectivity index (χ0n) is 14.4. The van der Waals surface area contributed by atoms with Crippen LogP contribution in [0.2, 0.25) is 0 Å². The van der Waals surface area contributed by atoms with Crippen molar-refractivity contribution in [1.82, 2.24) is 4.57 Å². The molecule has 0 N–H and O–H groups in total. The van der Waals surface area contributed by atoms with Crippen LogP contribution in [-0.4, -0.2) is 17.1 Å². The summed E-state index contributed by atoms with van der Waals surface area (Å²) in [5, 5.41) is 0. The van der Waals surface area contributed by atoms with E-state index < -0.39 is 11.5 Å². The maximum atomic E-state index is 13.1. The van der Waals surface area contributed by atoms with Crippen molar-refractivity contribution in [3.8, 4) is 0 Å². The molecule has 2 rings (SSSR count). The van der Waals surface area contributed by atoms with Crippen LogP contribution in [0, 0.1) is 12.7 Å². The summed E-state index contributed by atoms with van der Waals surface area (Å²) in [5.74, 6) is -0.891. The summed E-state index contributed by atoms with van der Waals surface area (Å²) in [7, 11) is 0. The zero-order chi connectivity index (χ0) is 17.9. The van der Waals surface area contributed by atoms with Gasteiger partial charge in [0.2, 0.25) is 0 Å². The highest BCUT2D eigenvalue weighted by Gasteiger charge is 2.23. The number of halogens is 1. The van der Waals surface area contributed by atoms with E-state index >= 15 is 0 Å². The first-order valence-electron chi connectivity index (χ1n) is 7.89. The van der Waals surface area contributed by atoms with Gasteiger partial charge in [-0.25, -0.2) is 9.18 Å². The number of hydrogen-bond acceptors (Lipinski definition) is 3. The molecule has 1 aromatic heterocycles. The van der Waals surface area contributed by atoms with E-state index in [0.717, 1.165) is 5.56 Å². The van der Waals surface area contributed by atoms with Crippen LogP contribution in [0.1, 0.15) is 42.3 Å². The van der Waals surface area contributed by atoms with Gasteiger partial charge in [0, 0.05) is 23.5 Å². The molecule has 0 bridgehead atoms. The third kappa shape index (κ3) is 3.91. The quantitative estimate of drug-likeness (QED) is 0.789. The lowest BCUT2D eigenvalue weighted by molar-refractivity contribution is 0.0523. The lowest BCUT2D eigenvalue weighted by Crippen LogP contribution is -2.32. The van der Waals surface area contributed by atoms with E-state index in [2.05, 4.69) is 0 Å². The molecule has 5 heteroatoms. The van der Waals surface area contributed by atoms with Gasteiger partial charge < -0.3 is 9.30 Å². The maximum absolute atomic E-state index is 13.1. The average molecular weight is 331 g/mol. The minimum atomic E-state index is -0.613. The maximum Gasteiger partial charge on any atom is 0.343 e. The molecule has 1 heterocycles. The predicted octanol–water partition coefficient (Wildman–Crippen LogP) is 3.45. The molecule has 2 aromatic rings. The highest BCUT2D eigenvalue weighted by molar-refractivity contribution is 5.89. The van der Waals surface area contributed by atoms with Crippen LogP contribution in [0.3, 0.4) is 0 Å². The zero-order valence-corrected chi connectivity index (χ0v) is 14.4. The average Bonchev–Trinajstić information content (AvgIpc) is 2.52. The van der Waals surface area contributed by atoms with Crippen LogP contribution in [0.4, 0.5) is 4.39 Å². The molecule has 0 radical (unpaired) electrons. The number of aryl methyl sites for hydroxylation is 1. The van der Waals surface area contributed by atoms with Gasteiger partial charge in [-0.15, -0.1) is 0 Å². The third-order valence-corrected chi connectivity index (χ3v) is 3.95. The molecular formula is C19H22FNO3. The Hall–Kier alpha value is -2.43. The number of carbonyl (C=O) groups is 1. The second kappa shape index (κ2) is 6.99. The van der Waals surface area contributed by atoms with Crippen molar-refractivity contribution in [2.75, 3.05) is 6.61 Å². The summed E-state index contributed by atoms with van der Waals surface area (Å²) >= 11 is 0. The summed E-state index contributed by atoms with van der Waals surface area (Å²) < 4.78 is 19.9. The molecule has 0 atom stereocenters. The number of hydrogen-bond donors (Lipinski definition) is 0. The van der Waals surface area contributed by atoms with E-state index in [0.29, 0.717) is 12.0 Å². The number of ether oxygens (including phenoxy) is 1. The SMILES string of the molecule is CCOC(=O)c1cn(C(C)(C)Cc2ccc(F)cc2)cc(C)c1=O. The molecule has 0 unspecified atom stereocenters. The van der Waals surface area contributed by atoms with Crippen LogP contribution >= 0.6 is 0 Å². The lowest BCUT2D eigenvalue weighted by atomic mass is 9.94. The second-order valence-corrected chi connectivity index (χ2v) is 6.43. The van der Waals surface area contributed by atoms with Crippen LogP contribution in [-0.2, 0) is 16.7 Å². The fourth-order valence-electron chi connectivity index (χ4n) is 2.61. The number of carbonyl (C=O) groups excluding carboxylic acids is 1. The van der Waals surface area contributed by atoms with Crippen molar-refractivity contribution >= 4 is 5.97 Å². The van der Waals surface area contributed by atoms with Gasteiger partial charge >= 0.3 is 5.97 Å². The monoisotopic (exact) mass is 331 g/mol. The standard InChI is InChI=1S/C19H22FNO3/c1-5-24-18(23)16-12-21(11-13(2)17(16)22)19(3,4)10-14-6-8-15(20)9-7-14/h6-9,11-12H,5,10H2,1-4H3. The van der Waals surface area contributed by atoms with Gasteiger partial charge in [-0.1, -0.05) is 12.1 Å². The van der Waals surface area contributed by atoms with Gasteiger partial charge in [-0.3, -0.25) is 4.79 Å². The first-order chi connectivity index (χ1) is 11.2. The smallest absolute Gasteiger partial charge is 0.343 e. The molecule has 0 spiro atoms. The van der Waals surface area contributed by atoms with Crippen LogP contribution in [0.5, 0.6) is 0 Å². The third-order valence-electron chi connectivity index (χ3n) is 3.95. The highest BCUT2D eigenvalue weighted by Crippen LogP contribution is 2.22. The number of aromatic nitrogens is 1. The normalized spacial score (nSPS) is 11.4. The molecular weight excluding hydrogens is 309 g/mol. The van der Waals surface area contributed by atoms with E-state index in [1.54, 1.807) is 32.2 Å². The summed E-state index contributed by atoms with van der Waals surface area (Å²) in [4.78, 5) is 24.2. The molecule has 24 heavy (non-hydrogen) atoms. The number of esters is 1. The van der Waals surface area contributed by atoms with Gasteiger partial charge in [-0.2, -0.15) is 0 Å². The van der Waals surface area contributed by atoms with Gasteiger partial charge in [0.1, 0.15) is 11.4 Å². The second-order valence-electron chi connectivity index (χ2n) is 6.43. The van der Waals surface area contributed by atoms with Crippen LogP contribution in [0.15, 0.2) is 41.5 Å². The van der Waals surface area contributed by atoms with E-state index in [4.69, 9.17) is 4.74 Å². The number of benzene rings is 1. The molecule has 0 saturated heterocycles. The Labute approximate surface area is 140 Å². The minimum Gasteiger partial charge on any atom is -0.462 e. The Morgan fingerprint density at radius 3 is 2.42 bits per heavy atom. The first-order valence-corrected chi connectivity index (χ1v) is 7.89. The molecule has 0 aliphatic rings. The Bertz CT molecular complexity index is 791. The van der Waals surface area contributed by atoms with Gasteiger partial charge in [-0.05, 0) is 51.8 Å². The van der Waals surface area contributed by atoms with Gasteiger partial charge in [0.25, 0.3) is 0 Å². The Kier molecular flexibility index (Phi) is 5.22. The number of nitrogens with zero attached hydrogens (tertiary/aromatic N) is 1. The molecule has 0 aliphatic carbocycles. The fraction of sp³-hybridized carbons (Fsp3) is 0.368. The van der Waals surface area contributed by atoms with Crippen LogP contribution < -0.4 is 5.43 Å². The molecule has 0 saturated carbocycles. The summed E-state index contributed by atoms with van der Waals surface area (Å²) in [6.07, 6.45) is 3.89. The predicted molar refractivity (Wildman–Crippen MR) is 90.8 cm³/mol. The Balaban J connectivity index is 2.40. The topological polar surface area (TPSA) is 48.3 Å². The fourth-order valence-corrected chi connectivity index (χ4v) is 2.61. The molecule has 1 aromatic carbocycles. The van der Waals surface area contributed by atoms with Gasteiger partial charge in [0.15, 0.2) is 5.43 Å². The Morgan fingerprint density at radius 1 is 1.21 bits per heavy atom. The molecule has 0 aliphatic heterocycles. The van der Waals surface area contributed by atoms with E-state index in [1.807, 2.05) is 18.4 Å². The molecule has 0 amide bonds. The summed E-state index contributed by atoms with van der Waals surface area (Å²) in [6, 6.07) is 6.32. The van der Waals surface area contributed by atoms with E-state index in [9.17, 15) is 14.0 Å². The van der Waals surface area contributed by atoms with Gasteiger partial charge in [0.05, 0.1) is 6.61 Å². The largest absolute Gasteiger partial charge is 0.462 e. The summed E-state index contributed by atoms with van der Waals surface area (Å²) in [6.45, 7) is 7.58. The van der Waals surface area contributed by atoms with Crippen molar-refractivity contribution in [1.29, 1.82) is 0 Å². The number of pyridine rings is 1. The number of rotatable bonds is 5. The minimum absolute atomic E-state index is 0.0315. The first kappa shape index (κ1) is 17.9. The lowest BCUT2D eigenvalue weighted by Gasteiger charge is -2.29. The Morgan fingerprint density at radius 2 is 1.83 bits per heavy atom. The van der Waals surface area contributed by atoms with Crippen molar-refractivity contribution in [3.63, 3.8) is 0 Å². The van der Waals surface area contributed by atoms with Crippen molar-refractivity contribution in [2.24, 2.45) is 0 Å². The van der Waals surface area contributed by atoms with Crippen molar-refractivity contribution in [3.05, 3.63) is 69.4 Å². The molecule has 4 nitrogen and oxygen atoms in total. The molecule has 128 valence electrons.